The van der Waals surface area contributed by atoms with E-state index in [4.69, 9.17) is 0 Å². The summed E-state index contributed by atoms with van der Waals surface area (Å²) >= 11 is 0. The van der Waals surface area contributed by atoms with Crippen LogP contribution in [0.15, 0.2) is 6.07 Å². The zero-order valence-corrected chi connectivity index (χ0v) is 13.7. The van der Waals surface area contributed by atoms with Crippen LogP contribution >= 0.6 is 0 Å². The highest BCUT2D eigenvalue weighted by Crippen LogP contribution is 2.37. The lowest BCUT2D eigenvalue weighted by Gasteiger charge is -2.31. The van der Waals surface area contributed by atoms with Crippen LogP contribution in [-0.2, 0) is 11.2 Å². The number of rotatable bonds is 4. The van der Waals surface area contributed by atoms with E-state index in [0.717, 1.165) is 29.8 Å². The van der Waals surface area contributed by atoms with Gasteiger partial charge in [-0.25, -0.2) is 0 Å². The molecule has 1 heterocycles. The second-order valence-electron chi connectivity index (χ2n) is 6.92. The van der Waals surface area contributed by atoms with Gasteiger partial charge in [-0.1, -0.05) is 20.8 Å². The van der Waals surface area contributed by atoms with Crippen molar-refractivity contribution in [1.29, 1.82) is 0 Å². The fourth-order valence-corrected chi connectivity index (χ4v) is 3.22. The first-order chi connectivity index (χ1) is 9.76. The number of amides is 1. The first-order valence-corrected chi connectivity index (χ1v) is 7.78. The second kappa shape index (κ2) is 5.66. The van der Waals surface area contributed by atoms with Crippen molar-refractivity contribution in [3.05, 3.63) is 23.0 Å². The quantitative estimate of drug-likeness (QED) is 0.926. The summed E-state index contributed by atoms with van der Waals surface area (Å²) in [7, 11) is 0. The number of nitrogens with zero attached hydrogens (tertiary/aromatic N) is 1. The first-order valence-electron chi connectivity index (χ1n) is 7.78. The van der Waals surface area contributed by atoms with Crippen LogP contribution in [0.3, 0.4) is 0 Å². The molecule has 2 rings (SSSR count). The maximum Gasteiger partial charge on any atom is 0.242 e. The van der Waals surface area contributed by atoms with Crippen LogP contribution in [0.2, 0.25) is 0 Å². The van der Waals surface area contributed by atoms with E-state index in [2.05, 4.69) is 19.2 Å². The number of aromatic nitrogens is 1. The number of aryl methyl sites for hydroxylation is 1. The molecule has 0 spiro atoms. The Hall–Kier alpha value is -1.58. The van der Waals surface area contributed by atoms with Crippen molar-refractivity contribution in [1.82, 2.24) is 9.88 Å². The third-order valence-corrected chi connectivity index (χ3v) is 4.24. The molecule has 4 heteroatoms. The van der Waals surface area contributed by atoms with Gasteiger partial charge in [-0.15, -0.1) is 0 Å². The predicted molar refractivity (Wildman–Crippen MR) is 83.6 cm³/mol. The molecule has 4 nitrogen and oxygen atoms in total. The SMILES string of the molecule is CCCNC(=O)C(C)n1c(C)cc2c1CC(C)(C)CC2=O. The smallest absolute Gasteiger partial charge is 0.242 e. The molecule has 0 aliphatic heterocycles. The van der Waals surface area contributed by atoms with Gasteiger partial charge in [0.15, 0.2) is 5.78 Å². The minimum Gasteiger partial charge on any atom is -0.354 e. The molecule has 0 aromatic carbocycles. The van der Waals surface area contributed by atoms with Crippen molar-refractivity contribution in [2.45, 2.75) is 59.9 Å². The van der Waals surface area contributed by atoms with E-state index < -0.39 is 0 Å². The molecule has 0 bridgehead atoms. The summed E-state index contributed by atoms with van der Waals surface area (Å²) in [5.41, 5.74) is 2.78. The molecule has 0 radical (unpaired) electrons. The number of nitrogens with one attached hydrogen (secondary N) is 1. The maximum atomic E-state index is 12.3. The average molecular weight is 290 g/mol. The summed E-state index contributed by atoms with van der Waals surface area (Å²) in [5, 5.41) is 2.94. The van der Waals surface area contributed by atoms with Gasteiger partial charge in [0.05, 0.1) is 0 Å². The summed E-state index contributed by atoms with van der Waals surface area (Å²) in [4.78, 5) is 24.6. The molecule has 1 unspecified atom stereocenters. The number of carbonyl (C=O) groups excluding carboxylic acids is 2. The Balaban J connectivity index is 2.37. The molecule has 1 aromatic rings. The van der Waals surface area contributed by atoms with E-state index in [1.807, 2.05) is 31.4 Å². The second-order valence-corrected chi connectivity index (χ2v) is 6.92. The van der Waals surface area contributed by atoms with Crippen molar-refractivity contribution in [2.75, 3.05) is 6.54 Å². The molecular weight excluding hydrogens is 264 g/mol. The molecule has 1 aliphatic rings. The molecule has 0 fully saturated rings. The Morgan fingerprint density at radius 3 is 2.71 bits per heavy atom. The molecule has 1 aliphatic carbocycles. The van der Waals surface area contributed by atoms with Gasteiger partial charge in [-0.05, 0) is 38.2 Å². The van der Waals surface area contributed by atoms with E-state index >= 15 is 0 Å². The van der Waals surface area contributed by atoms with E-state index in [0.29, 0.717) is 13.0 Å². The maximum absolute atomic E-state index is 12.3. The largest absolute Gasteiger partial charge is 0.354 e. The number of fused-ring (bicyclic) bond motifs is 1. The van der Waals surface area contributed by atoms with Gasteiger partial charge in [-0.3, -0.25) is 9.59 Å². The van der Waals surface area contributed by atoms with Crippen LogP contribution in [0, 0.1) is 12.3 Å². The molecule has 116 valence electrons. The van der Waals surface area contributed by atoms with Crippen molar-refractivity contribution in [3.8, 4) is 0 Å². The Kier molecular flexibility index (Phi) is 4.26. The number of ketones is 1. The lowest BCUT2D eigenvalue weighted by molar-refractivity contribution is -0.123. The standard InChI is InChI=1S/C17H26N2O2/c1-6-7-18-16(21)12(3)19-11(2)8-13-14(19)9-17(4,5)10-15(13)20/h8,12H,6-7,9-10H2,1-5H3,(H,18,21). The van der Waals surface area contributed by atoms with Crippen LogP contribution in [0.4, 0.5) is 0 Å². The van der Waals surface area contributed by atoms with Gasteiger partial charge >= 0.3 is 0 Å². The number of Topliss-reactive ketones (excluding diaryl/α,β-unsaturated/α-hetero) is 1. The van der Waals surface area contributed by atoms with Gasteiger partial charge in [-0.2, -0.15) is 0 Å². The summed E-state index contributed by atoms with van der Waals surface area (Å²) in [6.07, 6.45) is 2.35. The highest BCUT2D eigenvalue weighted by atomic mass is 16.2. The molecule has 1 amide bonds. The highest BCUT2D eigenvalue weighted by molar-refractivity contribution is 5.99. The zero-order valence-electron chi connectivity index (χ0n) is 13.7. The van der Waals surface area contributed by atoms with E-state index in [1.54, 1.807) is 0 Å². The number of hydrogen-bond donors (Lipinski definition) is 1. The number of hydrogen-bond acceptors (Lipinski definition) is 2. The lowest BCUT2D eigenvalue weighted by atomic mass is 9.76. The van der Waals surface area contributed by atoms with Crippen molar-refractivity contribution < 1.29 is 9.59 Å². The van der Waals surface area contributed by atoms with Crippen LogP contribution < -0.4 is 5.32 Å². The summed E-state index contributed by atoms with van der Waals surface area (Å²) in [6, 6.07) is 1.67. The topological polar surface area (TPSA) is 51.1 Å². The first kappa shape index (κ1) is 15.8. The van der Waals surface area contributed by atoms with Gasteiger partial charge in [0.1, 0.15) is 6.04 Å². The van der Waals surface area contributed by atoms with Gasteiger partial charge in [0, 0.05) is 29.9 Å². The van der Waals surface area contributed by atoms with Crippen LogP contribution in [-0.4, -0.2) is 22.8 Å². The Morgan fingerprint density at radius 2 is 2.10 bits per heavy atom. The molecule has 0 saturated heterocycles. The van der Waals surface area contributed by atoms with Crippen molar-refractivity contribution >= 4 is 11.7 Å². The third-order valence-electron chi connectivity index (χ3n) is 4.24. The Labute approximate surface area is 126 Å². The zero-order chi connectivity index (χ0) is 15.8. The summed E-state index contributed by atoms with van der Waals surface area (Å²) in [5.74, 6) is 0.221. The summed E-state index contributed by atoms with van der Waals surface area (Å²) in [6.45, 7) is 10.8. The fourth-order valence-electron chi connectivity index (χ4n) is 3.22. The summed E-state index contributed by atoms with van der Waals surface area (Å²) < 4.78 is 2.04. The Morgan fingerprint density at radius 1 is 1.43 bits per heavy atom. The molecule has 1 N–H and O–H groups in total. The van der Waals surface area contributed by atoms with Crippen molar-refractivity contribution in [2.24, 2.45) is 5.41 Å². The van der Waals surface area contributed by atoms with Gasteiger partial charge in [0.2, 0.25) is 5.91 Å². The van der Waals surface area contributed by atoms with Crippen LogP contribution in [0.25, 0.3) is 0 Å². The van der Waals surface area contributed by atoms with Gasteiger partial charge in [0.25, 0.3) is 0 Å². The number of carbonyl (C=O) groups is 2. The fraction of sp³-hybridized carbons (Fsp3) is 0.647. The van der Waals surface area contributed by atoms with Crippen LogP contribution in [0.1, 0.15) is 68.3 Å². The minimum absolute atomic E-state index is 0.0224. The predicted octanol–water partition coefficient (Wildman–Crippen LogP) is 3.04. The van der Waals surface area contributed by atoms with E-state index in [-0.39, 0.29) is 23.1 Å². The minimum atomic E-state index is -0.276. The van der Waals surface area contributed by atoms with E-state index in [9.17, 15) is 9.59 Å². The Bertz CT molecular complexity index is 570. The molecule has 1 aromatic heterocycles. The highest BCUT2D eigenvalue weighted by Gasteiger charge is 2.35. The average Bonchev–Trinajstić information content (AvgIpc) is 2.70. The lowest BCUT2D eigenvalue weighted by Crippen LogP contribution is -2.34. The van der Waals surface area contributed by atoms with Gasteiger partial charge < -0.3 is 9.88 Å². The molecular formula is C17H26N2O2. The monoisotopic (exact) mass is 290 g/mol. The molecule has 0 saturated carbocycles. The van der Waals surface area contributed by atoms with Crippen LogP contribution in [0.5, 0.6) is 0 Å². The third kappa shape index (κ3) is 3.04. The van der Waals surface area contributed by atoms with E-state index in [1.165, 1.54) is 0 Å². The normalized spacial score (nSPS) is 18.2. The van der Waals surface area contributed by atoms with Crippen molar-refractivity contribution in [3.63, 3.8) is 0 Å². The molecule has 1 atom stereocenters. The molecule has 21 heavy (non-hydrogen) atoms.